The van der Waals surface area contributed by atoms with Gasteiger partial charge in [-0.1, -0.05) is 0 Å². The van der Waals surface area contributed by atoms with Crippen molar-refractivity contribution in [3.63, 3.8) is 0 Å². The third kappa shape index (κ3) is 6.02. The van der Waals surface area contributed by atoms with Crippen LogP contribution in [-0.2, 0) is 4.79 Å². The van der Waals surface area contributed by atoms with E-state index in [0.717, 1.165) is 40.8 Å². The molecule has 1 aromatic heterocycles. The van der Waals surface area contributed by atoms with Gasteiger partial charge in [-0.15, -0.1) is 0 Å². The van der Waals surface area contributed by atoms with Gasteiger partial charge in [0, 0.05) is 20.0 Å². The fourth-order valence-electron chi connectivity index (χ4n) is 1.25. The van der Waals surface area contributed by atoms with Crippen LogP contribution < -0.4 is 10.6 Å². The maximum absolute atomic E-state index is 10.6. The van der Waals surface area contributed by atoms with E-state index in [-0.39, 0.29) is 5.91 Å². The molecule has 0 aliphatic rings. The second-order valence-corrected chi connectivity index (χ2v) is 5.19. The Morgan fingerprint density at radius 2 is 2.00 bits per heavy atom. The minimum Gasteiger partial charge on any atom is -0.370 e. The average Bonchev–Trinajstić information content (AvgIpc) is 2.27. The standard InChI is InChI=1S/C11H15Br2N3O/c1-8(17)14-6-2-3-7-15-10-5-4-9(12)11(13)16-10/h4-5H,2-3,6-7H2,1H3,(H,14,17)(H,15,16). The molecule has 1 amide bonds. The van der Waals surface area contributed by atoms with E-state index in [1.807, 2.05) is 12.1 Å². The molecule has 2 N–H and O–H groups in total. The molecule has 0 aromatic carbocycles. The number of nitrogens with zero attached hydrogens (tertiary/aromatic N) is 1. The minimum absolute atomic E-state index is 0.0245. The summed E-state index contributed by atoms with van der Waals surface area (Å²) in [5, 5.41) is 5.99. The summed E-state index contributed by atoms with van der Waals surface area (Å²) in [6.45, 7) is 3.11. The third-order valence-electron chi connectivity index (χ3n) is 2.09. The Bertz CT molecular complexity index is 385. The van der Waals surface area contributed by atoms with Gasteiger partial charge in [0.25, 0.3) is 0 Å². The van der Waals surface area contributed by atoms with E-state index in [1.165, 1.54) is 6.92 Å². The zero-order valence-electron chi connectivity index (χ0n) is 9.59. The zero-order valence-corrected chi connectivity index (χ0v) is 12.8. The number of hydrogen-bond donors (Lipinski definition) is 2. The molecular weight excluding hydrogens is 350 g/mol. The van der Waals surface area contributed by atoms with E-state index < -0.39 is 0 Å². The smallest absolute Gasteiger partial charge is 0.216 e. The van der Waals surface area contributed by atoms with Crippen molar-refractivity contribution in [2.45, 2.75) is 19.8 Å². The summed E-state index contributed by atoms with van der Waals surface area (Å²) in [7, 11) is 0. The summed E-state index contributed by atoms with van der Waals surface area (Å²) in [6, 6.07) is 3.86. The van der Waals surface area contributed by atoms with Gasteiger partial charge < -0.3 is 10.6 Å². The SMILES string of the molecule is CC(=O)NCCCCNc1ccc(Br)c(Br)n1. The Hall–Kier alpha value is -0.620. The van der Waals surface area contributed by atoms with Crippen molar-refractivity contribution in [2.75, 3.05) is 18.4 Å². The van der Waals surface area contributed by atoms with E-state index in [4.69, 9.17) is 0 Å². The monoisotopic (exact) mass is 363 g/mol. The number of rotatable bonds is 6. The van der Waals surface area contributed by atoms with Crippen LogP contribution in [0.3, 0.4) is 0 Å². The quantitative estimate of drug-likeness (QED) is 0.602. The van der Waals surface area contributed by atoms with E-state index in [1.54, 1.807) is 0 Å². The van der Waals surface area contributed by atoms with Gasteiger partial charge in [0.1, 0.15) is 10.4 Å². The van der Waals surface area contributed by atoms with Crippen molar-refractivity contribution in [1.82, 2.24) is 10.3 Å². The average molecular weight is 365 g/mol. The highest BCUT2D eigenvalue weighted by molar-refractivity contribution is 9.13. The Labute approximate surface area is 118 Å². The lowest BCUT2D eigenvalue weighted by atomic mass is 10.3. The molecule has 1 rings (SSSR count). The van der Waals surface area contributed by atoms with Gasteiger partial charge in [0.05, 0.1) is 4.47 Å². The Balaban J connectivity index is 2.18. The van der Waals surface area contributed by atoms with Crippen LogP contribution in [0.15, 0.2) is 21.2 Å². The van der Waals surface area contributed by atoms with Gasteiger partial charge in [-0.25, -0.2) is 4.98 Å². The Morgan fingerprint density at radius 3 is 2.65 bits per heavy atom. The molecule has 0 aliphatic heterocycles. The molecule has 1 aromatic rings. The summed E-state index contributed by atoms with van der Waals surface area (Å²) < 4.78 is 1.73. The number of aromatic nitrogens is 1. The molecule has 6 heteroatoms. The summed E-state index contributed by atoms with van der Waals surface area (Å²) in [5.74, 6) is 0.871. The van der Waals surface area contributed by atoms with Crippen LogP contribution in [0.1, 0.15) is 19.8 Å². The first-order valence-corrected chi connectivity index (χ1v) is 6.98. The van der Waals surface area contributed by atoms with Crippen LogP contribution in [0, 0.1) is 0 Å². The van der Waals surface area contributed by atoms with Crippen LogP contribution in [0.4, 0.5) is 5.82 Å². The van der Waals surface area contributed by atoms with Gasteiger partial charge in [-0.05, 0) is 56.8 Å². The highest BCUT2D eigenvalue weighted by Gasteiger charge is 1.99. The lowest BCUT2D eigenvalue weighted by Crippen LogP contribution is -2.21. The number of amides is 1. The van der Waals surface area contributed by atoms with Gasteiger partial charge in [0.2, 0.25) is 5.91 Å². The van der Waals surface area contributed by atoms with Crippen molar-refractivity contribution < 1.29 is 4.79 Å². The molecule has 0 aliphatic carbocycles. The van der Waals surface area contributed by atoms with Crippen molar-refractivity contribution in [1.29, 1.82) is 0 Å². The van der Waals surface area contributed by atoms with Crippen LogP contribution in [0.5, 0.6) is 0 Å². The van der Waals surface area contributed by atoms with Crippen LogP contribution in [0.25, 0.3) is 0 Å². The minimum atomic E-state index is 0.0245. The molecular formula is C11H15Br2N3O. The fourth-order valence-corrected chi connectivity index (χ4v) is 1.79. The van der Waals surface area contributed by atoms with Gasteiger partial charge in [-0.3, -0.25) is 4.79 Å². The van der Waals surface area contributed by atoms with Crippen LogP contribution >= 0.6 is 31.9 Å². The van der Waals surface area contributed by atoms with Crippen molar-refractivity contribution in [2.24, 2.45) is 0 Å². The molecule has 0 radical (unpaired) electrons. The van der Waals surface area contributed by atoms with E-state index in [9.17, 15) is 4.79 Å². The largest absolute Gasteiger partial charge is 0.370 e. The normalized spacial score (nSPS) is 10.1. The number of pyridine rings is 1. The highest BCUT2D eigenvalue weighted by atomic mass is 79.9. The topological polar surface area (TPSA) is 54.0 Å². The number of hydrogen-bond acceptors (Lipinski definition) is 3. The summed E-state index contributed by atoms with van der Waals surface area (Å²) in [6.07, 6.45) is 1.96. The Morgan fingerprint density at radius 1 is 1.29 bits per heavy atom. The molecule has 17 heavy (non-hydrogen) atoms. The van der Waals surface area contributed by atoms with E-state index >= 15 is 0 Å². The van der Waals surface area contributed by atoms with Gasteiger partial charge in [0.15, 0.2) is 0 Å². The number of carbonyl (C=O) groups excluding carboxylic acids is 1. The first-order chi connectivity index (χ1) is 8.09. The lowest BCUT2D eigenvalue weighted by Gasteiger charge is -2.06. The van der Waals surface area contributed by atoms with E-state index in [2.05, 4.69) is 47.5 Å². The predicted octanol–water partition coefficient (Wildman–Crippen LogP) is 2.93. The molecule has 0 fully saturated rings. The molecule has 94 valence electrons. The molecule has 0 bridgehead atoms. The highest BCUT2D eigenvalue weighted by Crippen LogP contribution is 2.22. The molecule has 0 saturated carbocycles. The molecule has 1 heterocycles. The maximum Gasteiger partial charge on any atom is 0.216 e. The summed E-state index contributed by atoms with van der Waals surface area (Å²) in [4.78, 5) is 14.9. The third-order valence-corrected chi connectivity index (χ3v) is 3.86. The molecule has 0 spiro atoms. The molecule has 0 saturated heterocycles. The summed E-state index contributed by atoms with van der Waals surface area (Å²) >= 11 is 6.72. The number of carbonyl (C=O) groups is 1. The number of unbranched alkanes of at least 4 members (excludes halogenated alkanes) is 1. The van der Waals surface area contributed by atoms with Gasteiger partial charge >= 0.3 is 0 Å². The van der Waals surface area contributed by atoms with E-state index in [0.29, 0.717) is 0 Å². The number of anilines is 1. The van der Waals surface area contributed by atoms with Crippen molar-refractivity contribution in [3.05, 3.63) is 21.2 Å². The molecule has 0 unspecified atom stereocenters. The summed E-state index contributed by atoms with van der Waals surface area (Å²) in [5.41, 5.74) is 0. The lowest BCUT2D eigenvalue weighted by molar-refractivity contribution is -0.118. The number of halogens is 2. The van der Waals surface area contributed by atoms with Crippen LogP contribution in [0.2, 0.25) is 0 Å². The first-order valence-electron chi connectivity index (χ1n) is 5.40. The number of nitrogens with one attached hydrogen (secondary N) is 2. The predicted molar refractivity (Wildman–Crippen MR) is 76.0 cm³/mol. The molecule has 4 nitrogen and oxygen atoms in total. The molecule has 0 atom stereocenters. The fraction of sp³-hybridized carbons (Fsp3) is 0.455. The van der Waals surface area contributed by atoms with Crippen molar-refractivity contribution in [3.8, 4) is 0 Å². The second kappa shape index (κ2) is 7.66. The second-order valence-electron chi connectivity index (χ2n) is 3.59. The zero-order chi connectivity index (χ0) is 12.7. The van der Waals surface area contributed by atoms with Crippen LogP contribution in [-0.4, -0.2) is 24.0 Å². The van der Waals surface area contributed by atoms with Crippen molar-refractivity contribution >= 4 is 43.6 Å². The van der Waals surface area contributed by atoms with Gasteiger partial charge in [-0.2, -0.15) is 0 Å². The Kier molecular flexibility index (Phi) is 6.50. The first kappa shape index (κ1) is 14.4. The maximum atomic E-state index is 10.6.